The fraction of sp³-hybridized carbons (Fsp3) is 0.556. The molecule has 0 aliphatic carbocycles. The Morgan fingerprint density at radius 1 is 0.852 bits per heavy atom. The van der Waals surface area contributed by atoms with Gasteiger partial charge in [0.15, 0.2) is 0 Å². The molecule has 0 radical (unpaired) electrons. The van der Waals surface area contributed by atoms with Crippen molar-refractivity contribution < 1.29 is 28.2 Å². The van der Waals surface area contributed by atoms with Crippen LogP contribution in [-0.2, 0) is 19.1 Å². The summed E-state index contributed by atoms with van der Waals surface area (Å²) in [5, 5.41) is 0. The summed E-state index contributed by atoms with van der Waals surface area (Å²) in [6.07, 6.45) is 0. The highest BCUT2D eigenvalue weighted by Crippen LogP contribution is 2.60. The van der Waals surface area contributed by atoms with E-state index in [1.54, 1.807) is 65.8 Å². The monoisotopic (exact) mass is 400 g/mol. The Bertz CT molecular complexity index is 664. The number of anilines is 2. The Labute approximate surface area is 161 Å². The Kier molecular flexibility index (Phi) is 5.70. The zero-order valence-corrected chi connectivity index (χ0v) is 17.4. The number of benzene rings is 1. The van der Waals surface area contributed by atoms with Gasteiger partial charge in [0.1, 0.15) is 24.3 Å². The molecule has 27 heavy (non-hydrogen) atoms. The predicted molar refractivity (Wildman–Crippen MR) is 106 cm³/mol. The van der Waals surface area contributed by atoms with Crippen LogP contribution in [0.5, 0.6) is 0 Å². The van der Waals surface area contributed by atoms with Gasteiger partial charge < -0.3 is 9.47 Å². The van der Waals surface area contributed by atoms with Crippen LogP contribution in [0, 0.1) is 0 Å². The highest BCUT2D eigenvalue weighted by atomic mass is 32.3. The largest absolute Gasteiger partial charge is 0.459 e. The van der Waals surface area contributed by atoms with Crippen LogP contribution in [0.15, 0.2) is 24.3 Å². The quantitative estimate of drug-likeness (QED) is 0.740. The molecule has 1 aliphatic heterocycles. The molecule has 9 heteroatoms. The van der Waals surface area contributed by atoms with Crippen LogP contribution >= 0.6 is 11.0 Å². The van der Waals surface area contributed by atoms with Crippen molar-refractivity contribution in [1.29, 1.82) is 0 Å². The Balaban J connectivity index is 2.28. The molecule has 8 nitrogen and oxygen atoms in total. The van der Waals surface area contributed by atoms with Gasteiger partial charge in [0.05, 0.1) is 11.4 Å². The van der Waals surface area contributed by atoms with Gasteiger partial charge in [-0.2, -0.15) is 0 Å². The average Bonchev–Trinajstić information content (AvgIpc) is 2.65. The molecule has 152 valence electrons. The van der Waals surface area contributed by atoms with Crippen LogP contribution in [0.1, 0.15) is 41.5 Å². The minimum Gasteiger partial charge on any atom is -0.459 e. The normalized spacial score (nSPS) is 17.3. The number of para-hydroxylation sites is 2. The summed E-state index contributed by atoms with van der Waals surface area (Å²) in [4.78, 5) is 24.5. The van der Waals surface area contributed by atoms with E-state index in [9.17, 15) is 18.7 Å². The minimum atomic E-state index is -3.62. The highest BCUT2D eigenvalue weighted by molar-refractivity contribution is 8.27. The molecule has 0 bridgehead atoms. The lowest BCUT2D eigenvalue weighted by atomic mass is 10.2. The van der Waals surface area contributed by atoms with E-state index in [2.05, 4.69) is 0 Å². The summed E-state index contributed by atoms with van der Waals surface area (Å²) in [6, 6.07) is 6.74. The van der Waals surface area contributed by atoms with E-state index in [4.69, 9.17) is 9.47 Å². The van der Waals surface area contributed by atoms with Crippen molar-refractivity contribution in [2.24, 2.45) is 0 Å². The lowest BCUT2D eigenvalue weighted by Gasteiger charge is -2.43. The number of hydrogen-bond acceptors (Lipinski definition) is 8. The molecule has 2 rings (SSSR count). The molecule has 0 aromatic heterocycles. The van der Waals surface area contributed by atoms with E-state index < -0.39 is 34.1 Å². The molecule has 0 spiro atoms. The smallest absolute Gasteiger partial charge is 0.328 e. The standard InChI is InChI=1S/C18H28N2O6S/c1-17(2,3)25-15(21)11-19-13-9-7-8-10-14(13)20(27(19,23)24)12-16(22)26-18(4,5)6/h7-10,23-24H,11-12H2,1-6H3. The fourth-order valence-corrected chi connectivity index (χ4v) is 4.23. The van der Waals surface area contributed by atoms with Gasteiger partial charge in [-0.15, -0.1) is 0 Å². The zero-order chi connectivity index (χ0) is 20.6. The van der Waals surface area contributed by atoms with E-state index in [1.165, 1.54) is 8.61 Å². The second kappa shape index (κ2) is 7.21. The maximum absolute atomic E-state index is 12.2. The van der Waals surface area contributed by atoms with E-state index in [0.29, 0.717) is 11.4 Å². The molecule has 0 amide bonds. The van der Waals surface area contributed by atoms with Gasteiger partial charge >= 0.3 is 11.9 Å². The third-order valence-electron chi connectivity index (χ3n) is 3.40. The summed E-state index contributed by atoms with van der Waals surface area (Å²) < 4.78 is 34.5. The van der Waals surface area contributed by atoms with Crippen molar-refractivity contribution >= 4 is 34.3 Å². The summed E-state index contributed by atoms with van der Waals surface area (Å²) in [5.74, 6) is -1.20. The van der Waals surface area contributed by atoms with E-state index in [1.807, 2.05) is 0 Å². The second-order valence-corrected chi connectivity index (χ2v) is 10.1. The Morgan fingerprint density at radius 3 is 1.48 bits per heavy atom. The number of carbonyl (C=O) groups excluding carboxylic acids is 2. The lowest BCUT2D eigenvalue weighted by Crippen LogP contribution is -2.41. The SMILES string of the molecule is CC(C)(C)OC(=O)CN1c2ccccc2N(CC(=O)OC(C)(C)C)S1(O)O. The van der Waals surface area contributed by atoms with Crippen LogP contribution in [0.25, 0.3) is 0 Å². The minimum absolute atomic E-state index is 0.360. The second-order valence-electron chi connectivity index (χ2n) is 8.22. The lowest BCUT2D eigenvalue weighted by molar-refractivity contribution is -0.153. The highest BCUT2D eigenvalue weighted by Gasteiger charge is 2.43. The summed E-state index contributed by atoms with van der Waals surface area (Å²) in [6.45, 7) is 9.67. The van der Waals surface area contributed by atoms with Crippen LogP contribution in [-0.4, -0.2) is 45.3 Å². The Hall–Kier alpha value is -1.97. The molecule has 0 saturated carbocycles. The number of rotatable bonds is 4. The molecular weight excluding hydrogens is 372 g/mol. The molecule has 1 aromatic carbocycles. The van der Waals surface area contributed by atoms with Gasteiger partial charge in [-0.25, -0.2) is 8.61 Å². The molecule has 1 heterocycles. The van der Waals surface area contributed by atoms with Crippen LogP contribution in [0.3, 0.4) is 0 Å². The summed E-state index contributed by atoms with van der Waals surface area (Å²) >= 11 is 0. The third-order valence-corrected chi connectivity index (χ3v) is 5.23. The van der Waals surface area contributed by atoms with Crippen LogP contribution in [0.4, 0.5) is 11.4 Å². The molecule has 0 fully saturated rings. The van der Waals surface area contributed by atoms with Gasteiger partial charge in [-0.05, 0) is 64.6 Å². The maximum Gasteiger partial charge on any atom is 0.328 e. The molecule has 0 saturated heterocycles. The first-order valence-corrected chi connectivity index (χ1v) is 10.0. The molecule has 1 aromatic rings. The van der Waals surface area contributed by atoms with E-state index >= 15 is 0 Å². The maximum atomic E-state index is 12.2. The molecule has 1 aliphatic rings. The predicted octanol–water partition coefficient (Wildman–Crippen LogP) is 3.58. The van der Waals surface area contributed by atoms with Gasteiger partial charge in [-0.3, -0.25) is 18.7 Å². The van der Waals surface area contributed by atoms with Crippen molar-refractivity contribution in [2.75, 3.05) is 21.7 Å². The molecular formula is C18H28N2O6S. The van der Waals surface area contributed by atoms with Crippen LogP contribution in [0.2, 0.25) is 0 Å². The topological polar surface area (TPSA) is 99.5 Å². The zero-order valence-electron chi connectivity index (χ0n) is 16.6. The van der Waals surface area contributed by atoms with E-state index in [0.717, 1.165) is 0 Å². The van der Waals surface area contributed by atoms with Gasteiger partial charge in [0.25, 0.3) is 0 Å². The summed E-state index contributed by atoms with van der Waals surface area (Å²) in [7, 11) is -3.62. The van der Waals surface area contributed by atoms with E-state index in [-0.39, 0.29) is 13.1 Å². The van der Waals surface area contributed by atoms with Crippen molar-refractivity contribution in [3.8, 4) is 0 Å². The number of hydrogen-bond donors (Lipinski definition) is 2. The van der Waals surface area contributed by atoms with Crippen LogP contribution < -0.4 is 8.61 Å². The first kappa shape index (κ1) is 21.3. The first-order chi connectivity index (χ1) is 12.2. The Morgan fingerprint density at radius 2 is 1.19 bits per heavy atom. The van der Waals surface area contributed by atoms with Gasteiger partial charge in [-0.1, -0.05) is 12.1 Å². The van der Waals surface area contributed by atoms with Crippen molar-refractivity contribution in [1.82, 2.24) is 0 Å². The molecule has 0 unspecified atom stereocenters. The fourth-order valence-electron chi connectivity index (χ4n) is 2.59. The molecule has 0 atom stereocenters. The third kappa shape index (κ3) is 5.27. The van der Waals surface area contributed by atoms with Crippen molar-refractivity contribution in [3.05, 3.63) is 24.3 Å². The van der Waals surface area contributed by atoms with Crippen molar-refractivity contribution in [2.45, 2.75) is 52.7 Å². The number of carbonyl (C=O) groups is 2. The summed E-state index contributed by atoms with van der Waals surface area (Å²) in [5.41, 5.74) is -0.524. The van der Waals surface area contributed by atoms with Crippen molar-refractivity contribution in [3.63, 3.8) is 0 Å². The average molecular weight is 400 g/mol. The number of nitrogens with zero attached hydrogens (tertiary/aromatic N) is 2. The number of esters is 2. The first-order valence-electron chi connectivity index (χ1n) is 8.57. The number of ether oxygens (including phenoxy) is 2. The molecule has 2 N–H and O–H groups in total. The van der Waals surface area contributed by atoms with Gasteiger partial charge in [0, 0.05) is 0 Å². The number of fused-ring (bicyclic) bond motifs is 1. The van der Waals surface area contributed by atoms with Gasteiger partial charge in [0.2, 0.25) is 0 Å².